The normalized spacial score (nSPS) is 13.9. The van der Waals surface area contributed by atoms with Crippen molar-refractivity contribution < 1.29 is 9.63 Å². The van der Waals surface area contributed by atoms with Gasteiger partial charge >= 0.3 is 5.97 Å². The van der Waals surface area contributed by atoms with Gasteiger partial charge in [0, 0.05) is 6.42 Å². The topological polar surface area (TPSA) is 41.9 Å². The van der Waals surface area contributed by atoms with Crippen LogP contribution in [-0.4, -0.2) is 30.5 Å². The SMILES string of the molecule is CCCCCCCCCCCCC(=O)ON1C=NCC1. The van der Waals surface area contributed by atoms with E-state index in [0.717, 1.165) is 19.4 Å². The number of rotatable bonds is 12. The number of unbranched alkanes of at least 4 members (excludes halogenated alkanes) is 9. The third-order valence-corrected chi connectivity index (χ3v) is 3.61. The molecule has 0 fully saturated rings. The van der Waals surface area contributed by atoms with Crippen molar-refractivity contribution in [1.29, 1.82) is 0 Å². The Labute approximate surface area is 123 Å². The smallest absolute Gasteiger partial charge is 0.332 e. The second-order valence-electron chi connectivity index (χ2n) is 5.56. The molecular formula is C16H30N2O2. The van der Waals surface area contributed by atoms with Crippen LogP contribution in [0.3, 0.4) is 0 Å². The van der Waals surface area contributed by atoms with Crippen molar-refractivity contribution in [2.45, 2.75) is 77.6 Å². The first-order valence-corrected chi connectivity index (χ1v) is 8.30. The molecule has 0 aromatic rings. The molecule has 0 atom stereocenters. The molecule has 0 spiro atoms. The van der Waals surface area contributed by atoms with E-state index in [4.69, 9.17) is 4.84 Å². The lowest BCUT2D eigenvalue weighted by Gasteiger charge is -2.12. The van der Waals surface area contributed by atoms with Gasteiger partial charge in [0.2, 0.25) is 0 Å². The van der Waals surface area contributed by atoms with E-state index in [9.17, 15) is 4.79 Å². The Morgan fingerprint density at radius 1 is 1.05 bits per heavy atom. The van der Waals surface area contributed by atoms with Crippen LogP contribution in [0.15, 0.2) is 4.99 Å². The van der Waals surface area contributed by atoms with E-state index >= 15 is 0 Å². The van der Waals surface area contributed by atoms with Crippen molar-refractivity contribution >= 4 is 12.3 Å². The molecule has 20 heavy (non-hydrogen) atoms. The number of aliphatic imine (C=N–C) groups is 1. The Kier molecular flexibility index (Phi) is 9.98. The second kappa shape index (κ2) is 11.7. The molecule has 0 bridgehead atoms. The average Bonchev–Trinajstić information content (AvgIpc) is 2.93. The van der Waals surface area contributed by atoms with E-state index in [1.807, 2.05) is 0 Å². The lowest BCUT2D eigenvalue weighted by Crippen LogP contribution is -2.24. The summed E-state index contributed by atoms with van der Waals surface area (Å²) in [6.07, 6.45) is 14.9. The van der Waals surface area contributed by atoms with Gasteiger partial charge in [-0.25, -0.2) is 4.79 Å². The first kappa shape index (κ1) is 17.0. The summed E-state index contributed by atoms with van der Waals surface area (Å²) in [5.74, 6) is -0.127. The highest BCUT2D eigenvalue weighted by Crippen LogP contribution is 2.11. The fourth-order valence-corrected chi connectivity index (χ4v) is 2.37. The van der Waals surface area contributed by atoms with E-state index in [1.54, 1.807) is 6.34 Å². The highest BCUT2D eigenvalue weighted by atomic mass is 16.7. The van der Waals surface area contributed by atoms with Crippen molar-refractivity contribution in [2.75, 3.05) is 13.1 Å². The van der Waals surface area contributed by atoms with E-state index < -0.39 is 0 Å². The Balaban J connectivity index is 1.79. The maximum Gasteiger partial charge on any atom is 0.332 e. The van der Waals surface area contributed by atoms with Crippen molar-refractivity contribution in [1.82, 2.24) is 5.06 Å². The predicted octanol–water partition coefficient (Wildman–Crippen LogP) is 4.10. The summed E-state index contributed by atoms with van der Waals surface area (Å²) < 4.78 is 0. The fourth-order valence-electron chi connectivity index (χ4n) is 2.37. The molecule has 1 aliphatic rings. The standard InChI is InChI=1S/C16H30N2O2/c1-2-3-4-5-6-7-8-9-10-11-12-16(19)20-18-14-13-17-15-18/h15H,2-14H2,1H3. The van der Waals surface area contributed by atoms with E-state index in [-0.39, 0.29) is 5.97 Å². The van der Waals surface area contributed by atoms with Gasteiger partial charge < -0.3 is 4.84 Å². The molecule has 0 aliphatic carbocycles. The molecular weight excluding hydrogens is 252 g/mol. The summed E-state index contributed by atoms with van der Waals surface area (Å²) in [4.78, 5) is 20.6. The molecule has 0 N–H and O–H groups in total. The number of carbonyl (C=O) groups is 1. The summed E-state index contributed by atoms with van der Waals surface area (Å²) in [7, 11) is 0. The number of hydrogen-bond donors (Lipinski definition) is 0. The molecule has 116 valence electrons. The van der Waals surface area contributed by atoms with E-state index in [0.29, 0.717) is 13.0 Å². The zero-order valence-electron chi connectivity index (χ0n) is 13.0. The number of hydrogen-bond acceptors (Lipinski definition) is 4. The van der Waals surface area contributed by atoms with Crippen LogP contribution in [0.2, 0.25) is 0 Å². The second-order valence-corrected chi connectivity index (χ2v) is 5.56. The molecule has 4 nitrogen and oxygen atoms in total. The number of nitrogens with zero attached hydrogens (tertiary/aromatic N) is 2. The maximum absolute atomic E-state index is 11.5. The van der Waals surface area contributed by atoms with Gasteiger partial charge in [0.25, 0.3) is 0 Å². The van der Waals surface area contributed by atoms with Gasteiger partial charge in [-0.2, -0.15) is 5.06 Å². The molecule has 1 rings (SSSR count). The molecule has 0 aromatic heterocycles. The highest BCUT2D eigenvalue weighted by Gasteiger charge is 2.11. The Hall–Kier alpha value is -1.06. The van der Waals surface area contributed by atoms with Crippen LogP contribution in [0, 0.1) is 0 Å². The first-order chi connectivity index (χ1) is 9.83. The summed E-state index contributed by atoms with van der Waals surface area (Å²) in [5.41, 5.74) is 0. The Morgan fingerprint density at radius 2 is 1.65 bits per heavy atom. The first-order valence-electron chi connectivity index (χ1n) is 8.30. The third-order valence-electron chi connectivity index (χ3n) is 3.61. The molecule has 0 amide bonds. The van der Waals surface area contributed by atoms with Gasteiger partial charge in [-0.3, -0.25) is 4.99 Å². The minimum atomic E-state index is -0.127. The Morgan fingerprint density at radius 3 is 2.20 bits per heavy atom. The third kappa shape index (κ3) is 8.94. The van der Waals surface area contributed by atoms with Gasteiger partial charge in [-0.1, -0.05) is 64.7 Å². The minimum Gasteiger partial charge on any atom is -0.340 e. The lowest BCUT2D eigenvalue weighted by atomic mass is 10.1. The highest BCUT2D eigenvalue weighted by molar-refractivity contribution is 5.70. The van der Waals surface area contributed by atoms with Gasteiger partial charge in [-0.05, 0) is 6.42 Å². The molecule has 1 aliphatic heterocycles. The van der Waals surface area contributed by atoms with Crippen molar-refractivity contribution in [2.24, 2.45) is 4.99 Å². The zero-order valence-corrected chi connectivity index (χ0v) is 13.0. The zero-order chi connectivity index (χ0) is 14.5. The largest absolute Gasteiger partial charge is 0.340 e. The van der Waals surface area contributed by atoms with Crippen LogP contribution in [0.1, 0.15) is 77.6 Å². The maximum atomic E-state index is 11.5. The average molecular weight is 282 g/mol. The number of hydroxylamine groups is 2. The fraction of sp³-hybridized carbons (Fsp3) is 0.875. The molecule has 1 heterocycles. The molecule has 4 heteroatoms. The van der Waals surface area contributed by atoms with Gasteiger partial charge in [-0.15, -0.1) is 0 Å². The van der Waals surface area contributed by atoms with Gasteiger partial charge in [0.05, 0.1) is 13.1 Å². The molecule has 0 unspecified atom stereocenters. The molecule has 0 radical (unpaired) electrons. The number of carbonyl (C=O) groups excluding carboxylic acids is 1. The van der Waals surface area contributed by atoms with Crippen molar-refractivity contribution in [3.8, 4) is 0 Å². The monoisotopic (exact) mass is 282 g/mol. The summed E-state index contributed by atoms with van der Waals surface area (Å²) in [6, 6.07) is 0. The van der Waals surface area contributed by atoms with Crippen LogP contribution in [0.4, 0.5) is 0 Å². The summed E-state index contributed by atoms with van der Waals surface area (Å²) in [5, 5.41) is 1.53. The summed E-state index contributed by atoms with van der Waals surface area (Å²) >= 11 is 0. The van der Waals surface area contributed by atoms with Crippen LogP contribution in [0.25, 0.3) is 0 Å². The molecule has 0 saturated heterocycles. The molecule has 0 saturated carbocycles. The van der Waals surface area contributed by atoms with E-state index in [2.05, 4.69) is 11.9 Å². The summed E-state index contributed by atoms with van der Waals surface area (Å²) in [6.45, 7) is 3.68. The molecule has 0 aromatic carbocycles. The quantitative estimate of drug-likeness (QED) is 0.506. The van der Waals surface area contributed by atoms with Crippen molar-refractivity contribution in [3.63, 3.8) is 0 Å². The van der Waals surface area contributed by atoms with Crippen LogP contribution < -0.4 is 0 Å². The van der Waals surface area contributed by atoms with Gasteiger partial charge in [0.1, 0.15) is 6.34 Å². The lowest BCUT2D eigenvalue weighted by molar-refractivity contribution is -0.170. The van der Waals surface area contributed by atoms with Gasteiger partial charge in [0.15, 0.2) is 0 Å². The van der Waals surface area contributed by atoms with Crippen LogP contribution in [-0.2, 0) is 9.63 Å². The van der Waals surface area contributed by atoms with Crippen LogP contribution >= 0.6 is 0 Å². The van der Waals surface area contributed by atoms with Crippen LogP contribution in [0.5, 0.6) is 0 Å². The predicted molar refractivity (Wildman–Crippen MR) is 82.6 cm³/mol. The van der Waals surface area contributed by atoms with Crippen molar-refractivity contribution in [3.05, 3.63) is 0 Å². The minimum absolute atomic E-state index is 0.127. The Bertz CT molecular complexity index is 280. The van der Waals surface area contributed by atoms with E-state index in [1.165, 1.54) is 56.4 Å².